The van der Waals surface area contributed by atoms with Gasteiger partial charge in [-0.15, -0.1) is 0 Å². The Bertz CT molecular complexity index is 1240. The van der Waals surface area contributed by atoms with Gasteiger partial charge >= 0.3 is 6.18 Å². The van der Waals surface area contributed by atoms with Crippen molar-refractivity contribution in [2.45, 2.75) is 6.18 Å². The zero-order chi connectivity index (χ0) is 22.7. The molecule has 4 rings (SSSR count). The van der Waals surface area contributed by atoms with Crippen LogP contribution in [-0.2, 0) is 11.0 Å². The molecule has 11 heteroatoms. The van der Waals surface area contributed by atoms with E-state index in [0.717, 1.165) is 10.2 Å². The predicted octanol–water partition coefficient (Wildman–Crippen LogP) is 4.95. The maximum absolute atomic E-state index is 13.2. The Labute approximate surface area is 184 Å². The van der Waals surface area contributed by atoms with Crippen molar-refractivity contribution >= 4 is 23.3 Å². The number of hydrogen-bond acceptors (Lipinski definition) is 4. The first-order valence-electron chi connectivity index (χ1n) is 9.27. The Kier molecular flexibility index (Phi) is 5.87. The summed E-state index contributed by atoms with van der Waals surface area (Å²) in [5.41, 5.74) is 0.570. The van der Waals surface area contributed by atoms with Gasteiger partial charge in [0.2, 0.25) is 5.88 Å². The van der Waals surface area contributed by atoms with Gasteiger partial charge in [-0.1, -0.05) is 54.1 Å². The lowest BCUT2D eigenvalue weighted by molar-refractivity contribution is -0.141. The molecule has 0 aliphatic carbocycles. The van der Waals surface area contributed by atoms with Crippen LogP contribution in [0.5, 0.6) is 5.88 Å². The second-order valence-corrected chi connectivity index (χ2v) is 7.01. The van der Waals surface area contributed by atoms with E-state index in [9.17, 15) is 18.0 Å². The van der Waals surface area contributed by atoms with Gasteiger partial charge in [-0.2, -0.15) is 28.1 Å². The maximum atomic E-state index is 13.2. The summed E-state index contributed by atoms with van der Waals surface area (Å²) >= 11 is 6.09. The van der Waals surface area contributed by atoms with Crippen LogP contribution in [0.4, 0.5) is 19.0 Å². The van der Waals surface area contributed by atoms with Gasteiger partial charge in [0.25, 0.3) is 5.91 Å². The van der Waals surface area contributed by atoms with Gasteiger partial charge in [0.05, 0.1) is 16.4 Å². The highest BCUT2D eigenvalue weighted by atomic mass is 35.5. The summed E-state index contributed by atoms with van der Waals surface area (Å²) in [6.07, 6.45) is -4.70. The first kappa shape index (κ1) is 21.4. The van der Waals surface area contributed by atoms with E-state index < -0.39 is 24.4 Å². The molecule has 2 heterocycles. The number of hydrogen-bond donors (Lipinski definition) is 2. The molecule has 0 aliphatic rings. The molecule has 0 bridgehead atoms. The van der Waals surface area contributed by atoms with Gasteiger partial charge in [-0.3, -0.25) is 9.89 Å². The standard InChI is InChI=1S/C21H15ClF3N5O2/c22-14-8-4-5-9-16(14)30-20(11-17(29-30)21(23,24)25)32-12-19(31)26-18-10-15(27-28-18)13-6-2-1-3-7-13/h1-11H,12H2,(H2,26,27,28,31). The molecule has 0 atom stereocenters. The average molecular weight is 462 g/mol. The molecule has 4 aromatic rings. The zero-order valence-electron chi connectivity index (χ0n) is 16.2. The minimum absolute atomic E-state index is 0.170. The number of aromatic nitrogens is 4. The van der Waals surface area contributed by atoms with Crippen molar-refractivity contribution in [2.75, 3.05) is 11.9 Å². The summed E-state index contributed by atoms with van der Waals surface area (Å²) in [5, 5.41) is 13.0. The fraction of sp³-hybridized carbons (Fsp3) is 0.0952. The maximum Gasteiger partial charge on any atom is 0.435 e. The topological polar surface area (TPSA) is 84.8 Å². The Balaban J connectivity index is 1.49. The predicted molar refractivity (Wildman–Crippen MR) is 112 cm³/mol. The Morgan fingerprint density at radius 1 is 1.09 bits per heavy atom. The largest absolute Gasteiger partial charge is 0.467 e. The van der Waals surface area contributed by atoms with Crippen molar-refractivity contribution < 1.29 is 22.7 Å². The molecule has 0 saturated carbocycles. The highest BCUT2D eigenvalue weighted by Crippen LogP contribution is 2.33. The molecule has 2 aromatic carbocycles. The fourth-order valence-corrected chi connectivity index (χ4v) is 3.09. The van der Waals surface area contributed by atoms with E-state index in [1.807, 2.05) is 30.3 Å². The average Bonchev–Trinajstić information content (AvgIpc) is 3.40. The van der Waals surface area contributed by atoms with Crippen molar-refractivity contribution in [2.24, 2.45) is 0 Å². The van der Waals surface area contributed by atoms with Crippen LogP contribution >= 0.6 is 11.6 Å². The van der Waals surface area contributed by atoms with Crippen LogP contribution in [0.3, 0.4) is 0 Å². The van der Waals surface area contributed by atoms with Gasteiger partial charge in [-0.05, 0) is 17.7 Å². The summed E-state index contributed by atoms with van der Waals surface area (Å²) in [7, 11) is 0. The van der Waals surface area contributed by atoms with E-state index >= 15 is 0 Å². The number of carbonyl (C=O) groups is 1. The number of carbonyl (C=O) groups excluding carboxylic acids is 1. The smallest absolute Gasteiger partial charge is 0.435 e. The van der Waals surface area contributed by atoms with Crippen LogP contribution in [0.15, 0.2) is 66.7 Å². The normalized spacial score (nSPS) is 11.4. The number of nitrogens with one attached hydrogen (secondary N) is 2. The minimum atomic E-state index is -4.70. The van der Waals surface area contributed by atoms with Crippen LogP contribution in [-0.4, -0.2) is 32.5 Å². The lowest BCUT2D eigenvalue weighted by Gasteiger charge is -2.10. The molecular formula is C21H15ClF3N5O2. The molecular weight excluding hydrogens is 447 g/mol. The van der Waals surface area contributed by atoms with Gasteiger partial charge < -0.3 is 10.1 Å². The van der Waals surface area contributed by atoms with E-state index in [1.165, 1.54) is 12.1 Å². The van der Waals surface area contributed by atoms with Crippen molar-refractivity contribution in [3.05, 3.63) is 77.4 Å². The molecule has 0 saturated heterocycles. The molecule has 0 unspecified atom stereocenters. The Hall–Kier alpha value is -3.79. The lowest BCUT2D eigenvalue weighted by atomic mass is 10.2. The first-order chi connectivity index (χ1) is 15.3. The molecule has 164 valence electrons. The third-order valence-electron chi connectivity index (χ3n) is 4.33. The molecule has 1 amide bonds. The van der Waals surface area contributed by atoms with E-state index in [2.05, 4.69) is 20.6 Å². The number of halogens is 4. The summed E-state index contributed by atoms with van der Waals surface area (Å²) in [4.78, 5) is 12.3. The third kappa shape index (κ3) is 4.75. The SMILES string of the molecule is O=C(COc1cc(C(F)(F)F)nn1-c1ccccc1Cl)Nc1cc(-c2ccccc2)[nH]n1. The number of alkyl halides is 3. The van der Waals surface area contributed by atoms with Crippen LogP contribution in [0.25, 0.3) is 16.9 Å². The molecule has 2 N–H and O–H groups in total. The summed E-state index contributed by atoms with van der Waals surface area (Å²) < 4.78 is 45.8. The fourth-order valence-electron chi connectivity index (χ4n) is 2.87. The van der Waals surface area contributed by atoms with E-state index in [1.54, 1.807) is 18.2 Å². The second-order valence-electron chi connectivity index (χ2n) is 6.60. The van der Waals surface area contributed by atoms with Crippen LogP contribution < -0.4 is 10.1 Å². The highest BCUT2D eigenvalue weighted by molar-refractivity contribution is 6.32. The molecule has 7 nitrogen and oxygen atoms in total. The Morgan fingerprint density at radius 2 is 1.81 bits per heavy atom. The van der Waals surface area contributed by atoms with E-state index in [0.29, 0.717) is 11.8 Å². The van der Waals surface area contributed by atoms with Crippen LogP contribution in [0.1, 0.15) is 5.69 Å². The summed E-state index contributed by atoms with van der Waals surface area (Å²) in [5.74, 6) is -0.655. The monoisotopic (exact) mass is 461 g/mol. The number of H-pyrrole nitrogens is 1. The number of anilines is 1. The van der Waals surface area contributed by atoms with Crippen molar-refractivity contribution in [3.63, 3.8) is 0 Å². The quantitative estimate of drug-likeness (QED) is 0.425. The van der Waals surface area contributed by atoms with Gasteiger partial charge in [-0.25, -0.2) is 0 Å². The number of nitrogens with zero attached hydrogens (tertiary/aromatic N) is 3. The van der Waals surface area contributed by atoms with Gasteiger partial charge in [0.15, 0.2) is 18.1 Å². The number of amides is 1. The van der Waals surface area contributed by atoms with Crippen molar-refractivity contribution in [1.82, 2.24) is 20.0 Å². The Morgan fingerprint density at radius 3 is 2.53 bits per heavy atom. The summed E-state index contributed by atoms with van der Waals surface area (Å²) in [6.45, 7) is -0.568. The third-order valence-corrected chi connectivity index (χ3v) is 4.65. The molecule has 0 aliphatic heterocycles. The molecule has 0 spiro atoms. The van der Waals surface area contributed by atoms with Gasteiger partial charge in [0, 0.05) is 12.1 Å². The zero-order valence-corrected chi connectivity index (χ0v) is 17.0. The first-order valence-corrected chi connectivity index (χ1v) is 9.65. The number of benzene rings is 2. The number of aromatic amines is 1. The second kappa shape index (κ2) is 8.75. The summed E-state index contributed by atoms with van der Waals surface area (Å²) in [6, 6.07) is 17.9. The number of ether oxygens (including phenoxy) is 1. The van der Waals surface area contributed by atoms with Crippen LogP contribution in [0, 0.1) is 0 Å². The molecule has 0 fully saturated rings. The van der Waals surface area contributed by atoms with Crippen molar-refractivity contribution in [1.29, 1.82) is 0 Å². The van der Waals surface area contributed by atoms with E-state index in [4.69, 9.17) is 16.3 Å². The van der Waals surface area contributed by atoms with Crippen LogP contribution in [0.2, 0.25) is 5.02 Å². The molecule has 2 aromatic heterocycles. The molecule has 0 radical (unpaired) electrons. The van der Waals surface area contributed by atoms with E-state index in [-0.39, 0.29) is 22.4 Å². The molecule has 32 heavy (non-hydrogen) atoms. The lowest BCUT2D eigenvalue weighted by Crippen LogP contribution is -2.21. The number of para-hydroxylation sites is 1. The van der Waals surface area contributed by atoms with Gasteiger partial charge in [0.1, 0.15) is 0 Å². The van der Waals surface area contributed by atoms with Crippen molar-refractivity contribution in [3.8, 4) is 22.8 Å². The minimum Gasteiger partial charge on any atom is -0.467 e. The highest BCUT2D eigenvalue weighted by Gasteiger charge is 2.36. The number of rotatable bonds is 6.